The molecule has 2 aromatic rings. The number of carbonyl (C=O) groups excluding carboxylic acids is 2. The van der Waals surface area contributed by atoms with Crippen LogP contribution in [-0.4, -0.2) is 53.8 Å². The first kappa shape index (κ1) is 20.1. The summed E-state index contributed by atoms with van der Waals surface area (Å²) in [4.78, 5) is 31.1. The molecule has 5 nitrogen and oxygen atoms in total. The molecule has 0 radical (unpaired) electrons. The molecule has 0 unspecified atom stereocenters. The minimum Gasteiger partial charge on any atom is -0.349 e. The lowest BCUT2D eigenvalue weighted by atomic mass is 10.0. The van der Waals surface area contributed by atoms with E-state index in [4.69, 9.17) is 0 Å². The summed E-state index contributed by atoms with van der Waals surface area (Å²) in [7, 11) is 0. The third-order valence-corrected chi connectivity index (χ3v) is 6.89. The molecular weight excluding hydrogens is 382 g/mol. The molecule has 4 rings (SSSR count). The first-order chi connectivity index (χ1) is 14.1. The zero-order valence-electron chi connectivity index (χ0n) is 17.0. The van der Waals surface area contributed by atoms with E-state index in [2.05, 4.69) is 22.3 Å². The second-order valence-electron chi connectivity index (χ2n) is 8.13. The fraction of sp³-hybridized carbons (Fsp3) is 0.478. The van der Waals surface area contributed by atoms with Gasteiger partial charge in [-0.2, -0.15) is 0 Å². The van der Waals surface area contributed by atoms with E-state index in [9.17, 15) is 9.59 Å². The van der Waals surface area contributed by atoms with Crippen molar-refractivity contribution in [1.29, 1.82) is 0 Å². The highest BCUT2D eigenvalue weighted by atomic mass is 32.1. The fourth-order valence-electron chi connectivity index (χ4n) is 4.16. The van der Waals surface area contributed by atoms with Gasteiger partial charge in [0.2, 0.25) is 0 Å². The molecule has 154 valence electrons. The van der Waals surface area contributed by atoms with Crippen molar-refractivity contribution in [2.45, 2.75) is 45.2 Å². The topological polar surface area (TPSA) is 52.7 Å². The van der Waals surface area contributed by atoms with E-state index in [-0.39, 0.29) is 17.9 Å². The molecule has 2 fully saturated rings. The van der Waals surface area contributed by atoms with E-state index in [0.29, 0.717) is 0 Å². The molecule has 1 aromatic carbocycles. The minimum absolute atomic E-state index is 0.0554. The third kappa shape index (κ3) is 5.06. The van der Waals surface area contributed by atoms with Crippen molar-refractivity contribution in [2.75, 3.05) is 26.2 Å². The summed E-state index contributed by atoms with van der Waals surface area (Å²) in [6, 6.07) is 12.2. The lowest BCUT2D eigenvalue weighted by Crippen LogP contribution is -2.44. The van der Waals surface area contributed by atoms with Gasteiger partial charge in [-0.3, -0.25) is 14.5 Å². The number of thiophene rings is 1. The maximum absolute atomic E-state index is 12.5. The monoisotopic (exact) mass is 411 g/mol. The maximum atomic E-state index is 12.5. The summed E-state index contributed by atoms with van der Waals surface area (Å²) in [5.74, 6) is 0.214. The fourth-order valence-corrected chi connectivity index (χ4v) is 4.93. The van der Waals surface area contributed by atoms with E-state index in [1.165, 1.54) is 5.56 Å². The van der Waals surface area contributed by atoms with Gasteiger partial charge < -0.3 is 10.2 Å². The zero-order chi connectivity index (χ0) is 20.2. The first-order valence-electron chi connectivity index (χ1n) is 10.6. The van der Waals surface area contributed by atoms with E-state index < -0.39 is 0 Å². The number of benzene rings is 1. The number of piperidine rings is 1. The van der Waals surface area contributed by atoms with Crippen LogP contribution >= 0.6 is 11.3 Å². The van der Waals surface area contributed by atoms with Crippen molar-refractivity contribution >= 4 is 23.2 Å². The summed E-state index contributed by atoms with van der Waals surface area (Å²) in [6.45, 7) is 6.64. The lowest BCUT2D eigenvalue weighted by Gasteiger charge is -2.32. The molecule has 2 saturated heterocycles. The van der Waals surface area contributed by atoms with Crippen LogP contribution in [0.15, 0.2) is 36.4 Å². The summed E-state index contributed by atoms with van der Waals surface area (Å²) in [5.41, 5.74) is 2.03. The summed E-state index contributed by atoms with van der Waals surface area (Å²) >= 11 is 1.55. The number of carbonyl (C=O) groups is 2. The quantitative estimate of drug-likeness (QED) is 0.816. The van der Waals surface area contributed by atoms with Gasteiger partial charge >= 0.3 is 0 Å². The molecule has 2 aliphatic rings. The van der Waals surface area contributed by atoms with E-state index in [1.807, 2.05) is 36.1 Å². The SMILES string of the molecule is Cc1ccc(C(=O)NC2CCN(Cc3ccc(C(=O)N4CCCC4)cc3)CC2)s1. The molecule has 0 aliphatic carbocycles. The number of hydrogen-bond acceptors (Lipinski definition) is 4. The van der Waals surface area contributed by atoms with Crippen LogP contribution in [0.4, 0.5) is 0 Å². The van der Waals surface area contributed by atoms with E-state index >= 15 is 0 Å². The van der Waals surface area contributed by atoms with Gasteiger partial charge in [-0.25, -0.2) is 0 Å². The average Bonchev–Trinajstić information content (AvgIpc) is 3.41. The highest BCUT2D eigenvalue weighted by molar-refractivity contribution is 7.13. The van der Waals surface area contributed by atoms with Gasteiger partial charge in [-0.1, -0.05) is 12.1 Å². The number of amides is 2. The largest absolute Gasteiger partial charge is 0.349 e. The normalized spacial score (nSPS) is 18.2. The maximum Gasteiger partial charge on any atom is 0.261 e. The Morgan fingerprint density at radius 2 is 1.69 bits per heavy atom. The Morgan fingerprint density at radius 1 is 1.00 bits per heavy atom. The van der Waals surface area contributed by atoms with Crippen molar-refractivity contribution in [3.05, 3.63) is 57.3 Å². The highest BCUT2D eigenvalue weighted by Crippen LogP contribution is 2.19. The zero-order valence-corrected chi connectivity index (χ0v) is 17.8. The van der Waals surface area contributed by atoms with Crippen LogP contribution in [0.25, 0.3) is 0 Å². The Bertz CT molecular complexity index is 847. The van der Waals surface area contributed by atoms with Crippen molar-refractivity contribution < 1.29 is 9.59 Å². The van der Waals surface area contributed by atoms with Gasteiger partial charge in [0.05, 0.1) is 4.88 Å². The molecule has 1 aromatic heterocycles. The van der Waals surface area contributed by atoms with Crippen LogP contribution in [0.1, 0.15) is 56.2 Å². The molecule has 6 heteroatoms. The Morgan fingerprint density at radius 3 is 2.31 bits per heavy atom. The van der Waals surface area contributed by atoms with Crippen molar-refractivity contribution in [3.8, 4) is 0 Å². The molecule has 2 amide bonds. The summed E-state index contributed by atoms with van der Waals surface area (Å²) < 4.78 is 0. The second-order valence-corrected chi connectivity index (χ2v) is 9.42. The summed E-state index contributed by atoms with van der Waals surface area (Å²) in [6.07, 6.45) is 4.18. The van der Waals surface area contributed by atoms with Crippen molar-refractivity contribution in [3.63, 3.8) is 0 Å². The van der Waals surface area contributed by atoms with Gasteiger partial charge in [0.25, 0.3) is 11.8 Å². The first-order valence-corrected chi connectivity index (χ1v) is 11.4. The molecule has 1 N–H and O–H groups in total. The number of nitrogens with one attached hydrogen (secondary N) is 1. The molecule has 0 bridgehead atoms. The molecule has 0 spiro atoms. The minimum atomic E-state index is 0.0554. The molecule has 2 aliphatic heterocycles. The van der Waals surface area contributed by atoms with E-state index in [1.54, 1.807) is 11.3 Å². The van der Waals surface area contributed by atoms with Crippen molar-refractivity contribution in [1.82, 2.24) is 15.1 Å². The number of hydrogen-bond donors (Lipinski definition) is 1. The van der Waals surface area contributed by atoms with Crippen LogP contribution in [0.3, 0.4) is 0 Å². The molecular formula is C23H29N3O2S. The van der Waals surface area contributed by atoms with E-state index in [0.717, 1.165) is 73.7 Å². The second kappa shape index (κ2) is 9.09. The standard InChI is InChI=1S/C23H29N3O2S/c1-17-4-9-21(29-17)22(27)24-20-10-14-25(15-11-20)16-18-5-7-19(8-6-18)23(28)26-12-2-3-13-26/h4-9,20H,2-3,10-16H2,1H3,(H,24,27). The van der Waals surface area contributed by atoms with Crippen molar-refractivity contribution in [2.24, 2.45) is 0 Å². The van der Waals surface area contributed by atoms with Crippen LogP contribution in [0.2, 0.25) is 0 Å². The number of nitrogens with zero attached hydrogens (tertiary/aromatic N) is 2. The lowest BCUT2D eigenvalue weighted by molar-refractivity contribution is 0.0792. The predicted octanol–water partition coefficient (Wildman–Crippen LogP) is 3.69. The summed E-state index contributed by atoms with van der Waals surface area (Å²) in [5, 5.41) is 3.18. The van der Waals surface area contributed by atoms with Crippen LogP contribution in [0, 0.1) is 6.92 Å². The Labute approximate surface area is 176 Å². The third-order valence-electron chi connectivity index (χ3n) is 5.89. The average molecular weight is 412 g/mol. The molecule has 0 saturated carbocycles. The van der Waals surface area contributed by atoms with Gasteiger partial charge in [-0.05, 0) is 62.4 Å². The van der Waals surface area contributed by atoms with Crippen LogP contribution < -0.4 is 5.32 Å². The molecule has 29 heavy (non-hydrogen) atoms. The van der Waals surface area contributed by atoms with Gasteiger partial charge in [0.1, 0.15) is 0 Å². The van der Waals surface area contributed by atoms with Gasteiger partial charge in [0.15, 0.2) is 0 Å². The molecule has 3 heterocycles. The number of rotatable bonds is 5. The number of aryl methyl sites for hydroxylation is 1. The van der Waals surface area contributed by atoms with Gasteiger partial charge in [-0.15, -0.1) is 11.3 Å². The number of likely N-dealkylation sites (tertiary alicyclic amines) is 2. The Balaban J connectivity index is 1.24. The van der Waals surface area contributed by atoms with Crippen LogP contribution in [0.5, 0.6) is 0 Å². The highest BCUT2D eigenvalue weighted by Gasteiger charge is 2.22. The van der Waals surface area contributed by atoms with Crippen LogP contribution in [-0.2, 0) is 6.54 Å². The Kier molecular flexibility index (Phi) is 6.31. The molecule has 0 atom stereocenters. The smallest absolute Gasteiger partial charge is 0.261 e. The predicted molar refractivity (Wildman–Crippen MR) is 116 cm³/mol. The van der Waals surface area contributed by atoms with Gasteiger partial charge in [0, 0.05) is 49.2 Å². The Hall–Kier alpha value is -2.18.